The van der Waals surface area contributed by atoms with E-state index in [4.69, 9.17) is 16.6 Å². The molecule has 0 N–H and O–H groups in total. The summed E-state index contributed by atoms with van der Waals surface area (Å²) in [5.74, 6) is 1.65. The first kappa shape index (κ1) is 13.6. The average Bonchev–Trinajstić information content (AvgIpc) is 3.22. The van der Waals surface area contributed by atoms with Gasteiger partial charge in [0.1, 0.15) is 5.82 Å². The molecule has 1 aromatic heterocycles. The molecule has 0 spiro atoms. The molecule has 0 unspecified atom stereocenters. The summed E-state index contributed by atoms with van der Waals surface area (Å²) < 4.78 is 1.84. The van der Waals surface area contributed by atoms with E-state index in [2.05, 4.69) is 6.92 Å². The maximum Gasteiger partial charge on any atom is 0.262 e. The third-order valence-corrected chi connectivity index (χ3v) is 4.23. The quantitative estimate of drug-likeness (QED) is 0.839. The number of halogens is 1. The van der Waals surface area contributed by atoms with Crippen molar-refractivity contribution < 1.29 is 0 Å². The zero-order valence-electron chi connectivity index (χ0n) is 11.7. The third-order valence-electron chi connectivity index (χ3n) is 3.92. The summed E-state index contributed by atoms with van der Waals surface area (Å²) in [7, 11) is 0. The van der Waals surface area contributed by atoms with Crippen molar-refractivity contribution in [3.05, 3.63) is 39.4 Å². The van der Waals surface area contributed by atoms with Gasteiger partial charge in [-0.25, -0.2) is 4.98 Å². The van der Waals surface area contributed by atoms with Gasteiger partial charge in [-0.2, -0.15) is 0 Å². The molecule has 1 aliphatic carbocycles. The van der Waals surface area contributed by atoms with E-state index in [1.807, 2.05) is 16.7 Å². The fraction of sp³-hybridized carbons (Fsp3) is 0.500. The van der Waals surface area contributed by atoms with Gasteiger partial charge in [0.15, 0.2) is 0 Å². The number of benzene rings is 1. The predicted octanol–water partition coefficient (Wildman–Crippen LogP) is 3.80. The maximum absolute atomic E-state index is 12.7. The Balaban J connectivity index is 2.16. The first-order chi connectivity index (χ1) is 9.70. The van der Waals surface area contributed by atoms with Crippen LogP contribution in [0.1, 0.15) is 38.4 Å². The van der Waals surface area contributed by atoms with Gasteiger partial charge in [0.05, 0.1) is 15.9 Å². The van der Waals surface area contributed by atoms with Gasteiger partial charge in [0.25, 0.3) is 5.56 Å². The van der Waals surface area contributed by atoms with Crippen molar-refractivity contribution in [3.8, 4) is 0 Å². The second-order valence-electron chi connectivity index (χ2n) is 5.62. The molecule has 0 radical (unpaired) electrons. The number of hydrogen-bond donors (Lipinski definition) is 0. The minimum atomic E-state index is 0.0182. The van der Waals surface area contributed by atoms with Crippen LogP contribution in [0.3, 0.4) is 0 Å². The molecule has 4 heteroatoms. The van der Waals surface area contributed by atoms with Crippen molar-refractivity contribution in [1.29, 1.82) is 0 Å². The Morgan fingerprint density at radius 1 is 1.40 bits per heavy atom. The van der Waals surface area contributed by atoms with Crippen LogP contribution in [0.4, 0.5) is 0 Å². The number of fused-ring (bicyclic) bond motifs is 1. The van der Waals surface area contributed by atoms with Gasteiger partial charge >= 0.3 is 0 Å². The molecule has 1 aliphatic rings. The molecule has 1 saturated carbocycles. The molecular weight excluding hydrogens is 272 g/mol. The summed E-state index contributed by atoms with van der Waals surface area (Å²) in [5, 5.41) is 1.06. The molecule has 1 heterocycles. The molecule has 20 heavy (non-hydrogen) atoms. The standard InChI is InChI=1S/C16H19ClN2O/c1-2-3-9-19-14(10-11-7-8-11)18-13-6-4-5-12(17)15(13)16(19)20/h4-6,11H,2-3,7-10H2,1H3. The van der Waals surface area contributed by atoms with Crippen molar-refractivity contribution in [1.82, 2.24) is 9.55 Å². The summed E-state index contributed by atoms with van der Waals surface area (Å²) in [6.45, 7) is 2.87. The molecular formula is C16H19ClN2O. The van der Waals surface area contributed by atoms with Crippen LogP contribution in [0.25, 0.3) is 10.9 Å². The maximum atomic E-state index is 12.7. The molecule has 3 rings (SSSR count). The van der Waals surface area contributed by atoms with Crippen LogP contribution >= 0.6 is 11.6 Å². The summed E-state index contributed by atoms with van der Waals surface area (Å²) in [6.07, 6.45) is 5.50. The number of hydrogen-bond acceptors (Lipinski definition) is 2. The van der Waals surface area contributed by atoms with E-state index >= 15 is 0 Å². The number of nitrogens with zero attached hydrogens (tertiary/aromatic N) is 2. The minimum absolute atomic E-state index is 0.0182. The largest absolute Gasteiger partial charge is 0.296 e. The predicted molar refractivity (Wildman–Crippen MR) is 82.3 cm³/mol. The van der Waals surface area contributed by atoms with Crippen LogP contribution in [0, 0.1) is 5.92 Å². The van der Waals surface area contributed by atoms with Crippen molar-refractivity contribution in [2.24, 2.45) is 5.92 Å². The van der Waals surface area contributed by atoms with Crippen molar-refractivity contribution in [2.75, 3.05) is 0 Å². The minimum Gasteiger partial charge on any atom is -0.296 e. The Bertz CT molecular complexity index is 689. The van der Waals surface area contributed by atoms with E-state index in [0.717, 1.165) is 37.1 Å². The zero-order chi connectivity index (χ0) is 14.1. The number of aromatic nitrogens is 2. The molecule has 3 nitrogen and oxygen atoms in total. The van der Waals surface area contributed by atoms with E-state index in [9.17, 15) is 4.79 Å². The molecule has 1 aromatic carbocycles. The highest BCUT2D eigenvalue weighted by Crippen LogP contribution is 2.32. The van der Waals surface area contributed by atoms with Crippen LogP contribution in [0.5, 0.6) is 0 Å². The molecule has 0 amide bonds. The molecule has 0 bridgehead atoms. The summed E-state index contributed by atoms with van der Waals surface area (Å²) in [5.41, 5.74) is 0.746. The summed E-state index contributed by atoms with van der Waals surface area (Å²) >= 11 is 6.19. The van der Waals surface area contributed by atoms with Gasteiger partial charge < -0.3 is 0 Å². The third kappa shape index (κ3) is 2.59. The van der Waals surface area contributed by atoms with Crippen molar-refractivity contribution in [2.45, 2.75) is 45.6 Å². The monoisotopic (exact) mass is 290 g/mol. The van der Waals surface area contributed by atoms with E-state index in [1.54, 1.807) is 6.07 Å². The van der Waals surface area contributed by atoms with E-state index in [0.29, 0.717) is 16.3 Å². The van der Waals surface area contributed by atoms with Gasteiger partial charge in [-0.3, -0.25) is 9.36 Å². The van der Waals surface area contributed by atoms with Gasteiger partial charge in [0, 0.05) is 13.0 Å². The topological polar surface area (TPSA) is 34.9 Å². The number of unbranched alkanes of at least 4 members (excludes halogenated alkanes) is 1. The Morgan fingerprint density at radius 3 is 2.90 bits per heavy atom. The fourth-order valence-corrected chi connectivity index (χ4v) is 2.80. The van der Waals surface area contributed by atoms with Crippen molar-refractivity contribution in [3.63, 3.8) is 0 Å². The average molecular weight is 291 g/mol. The Kier molecular flexibility index (Phi) is 3.79. The lowest BCUT2D eigenvalue weighted by Crippen LogP contribution is -2.26. The lowest BCUT2D eigenvalue weighted by molar-refractivity contribution is 0.564. The van der Waals surface area contributed by atoms with Crippen LogP contribution in [-0.4, -0.2) is 9.55 Å². The molecule has 2 aromatic rings. The van der Waals surface area contributed by atoms with Crippen LogP contribution in [0.2, 0.25) is 5.02 Å². The Labute approximate surface area is 123 Å². The van der Waals surface area contributed by atoms with Gasteiger partial charge in [-0.05, 0) is 37.3 Å². The first-order valence-corrected chi connectivity index (χ1v) is 7.76. The van der Waals surface area contributed by atoms with E-state index < -0.39 is 0 Å². The summed E-state index contributed by atoms with van der Waals surface area (Å²) in [6, 6.07) is 5.50. The van der Waals surface area contributed by atoms with Gasteiger partial charge in [0.2, 0.25) is 0 Å². The van der Waals surface area contributed by atoms with E-state index in [-0.39, 0.29) is 5.56 Å². The second kappa shape index (κ2) is 5.57. The highest BCUT2D eigenvalue weighted by Gasteiger charge is 2.24. The SMILES string of the molecule is CCCCn1c(CC2CC2)nc2cccc(Cl)c2c1=O. The van der Waals surface area contributed by atoms with Gasteiger partial charge in [-0.15, -0.1) is 0 Å². The molecule has 0 aliphatic heterocycles. The molecule has 106 valence electrons. The summed E-state index contributed by atoms with van der Waals surface area (Å²) in [4.78, 5) is 17.4. The smallest absolute Gasteiger partial charge is 0.262 e. The molecule has 0 saturated heterocycles. The van der Waals surface area contributed by atoms with Crippen LogP contribution in [0.15, 0.2) is 23.0 Å². The van der Waals surface area contributed by atoms with E-state index in [1.165, 1.54) is 12.8 Å². The number of rotatable bonds is 5. The Hall–Kier alpha value is -1.35. The lowest BCUT2D eigenvalue weighted by atomic mass is 10.2. The Morgan fingerprint density at radius 2 is 2.20 bits per heavy atom. The lowest BCUT2D eigenvalue weighted by Gasteiger charge is -2.13. The van der Waals surface area contributed by atoms with Crippen LogP contribution < -0.4 is 5.56 Å². The fourth-order valence-electron chi connectivity index (χ4n) is 2.55. The van der Waals surface area contributed by atoms with Crippen LogP contribution in [-0.2, 0) is 13.0 Å². The zero-order valence-corrected chi connectivity index (χ0v) is 12.5. The molecule has 1 fully saturated rings. The van der Waals surface area contributed by atoms with Crippen molar-refractivity contribution >= 4 is 22.5 Å². The highest BCUT2D eigenvalue weighted by molar-refractivity contribution is 6.35. The van der Waals surface area contributed by atoms with Gasteiger partial charge in [-0.1, -0.05) is 31.0 Å². The first-order valence-electron chi connectivity index (χ1n) is 7.38. The normalized spacial score (nSPS) is 14.9. The second-order valence-corrected chi connectivity index (χ2v) is 6.03. The highest BCUT2D eigenvalue weighted by atomic mass is 35.5. The molecule has 0 atom stereocenters.